The molecule has 0 aliphatic rings. The molecule has 1 heterocycles. The molecule has 0 fully saturated rings. The Kier molecular flexibility index (Phi) is 6.33. The van der Waals surface area contributed by atoms with E-state index in [9.17, 15) is 14.4 Å². The molecule has 1 aromatic heterocycles. The number of amides is 2. The van der Waals surface area contributed by atoms with E-state index in [1.807, 2.05) is 18.4 Å². The van der Waals surface area contributed by atoms with Crippen LogP contribution in [-0.2, 0) is 14.3 Å². The summed E-state index contributed by atoms with van der Waals surface area (Å²) in [5.41, 5.74) is 0.663. The first-order chi connectivity index (χ1) is 11.5. The summed E-state index contributed by atoms with van der Waals surface area (Å²) in [6, 6.07) is 7.30. The van der Waals surface area contributed by atoms with Crippen LogP contribution in [0.1, 0.15) is 17.4 Å². The molecule has 1 aromatic carbocycles. The number of hydrogen-bond acceptors (Lipinski definition) is 7. The molecule has 126 valence electrons. The van der Waals surface area contributed by atoms with Crippen LogP contribution in [0.5, 0.6) is 0 Å². The molecule has 2 amide bonds. The molecule has 0 unspecified atom stereocenters. The van der Waals surface area contributed by atoms with Crippen molar-refractivity contribution in [2.24, 2.45) is 0 Å². The molecule has 0 bridgehead atoms. The summed E-state index contributed by atoms with van der Waals surface area (Å²) >= 11 is 2.70. The van der Waals surface area contributed by atoms with Crippen molar-refractivity contribution in [1.82, 2.24) is 4.98 Å². The van der Waals surface area contributed by atoms with Gasteiger partial charge >= 0.3 is 5.97 Å². The molecular formula is C15H15N3O4S2. The second-order valence-corrected chi connectivity index (χ2v) is 6.31. The second kappa shape index (κ2) is 8.46. The van der Waals surface area contributed by atoms with Gasteiger partial charge in [-0.05, 0) is 30.5 Å². The fourth-order valence-corrected chi connectivity index (χ4v) is 2.79. The lowest BCUT2D eigenvalue weighted by atomic mass is 10.3. The molecule has 2 aromatic rings. The van der Waals surface area contributed by atoms with E-state index in [-0.39, 0.29) is 11.6 Å². The van der Waals surface area contributed by atoms with E-state index in [0.29, 0.717) is 10.8 Å². The van der Waals surface area contributed by atoms with Crippen molar-refractivity contribution in [3.05, 3.63) is 35.3 Å². The molecule has 0 saturated carbocycles. The maximum Gasteiger partial charge on any atom is 0.358 e. The zero-order valence-corrected chi connectivity index (χ0v) is 14.6. The first-order valence-corrected chi connectivity index (χ1v) is 8.92. The third-order valence-corrected chi connectivity index (χ3v) is 4.21. The Hall–Kier alpha value is -2.39. The lowest BCUT2D eigenvalue weighted by Gasteiger charge is -2.06. The van der Waals surface area contributed by atoms with E-state index in [1.54, 1.807) is 23.9 Å². The van der Waals surface area contributed by atoms with Gasteiger partial charge in [-0.15, -0.1) is 23.1 Å². The van der Waals surface area contributed by atoms with Gasteiger partial charge in [0.15, 0.2) is 17.4 Å². The highest BCUT2D eigenvalue weighted by atomic mass is 32.2. The molecule has 0 aliphatic carbocycles. The number of esters is 1. The number of nitrogens with zero attached hydrogens (tertiary/aromatic N) is 1. The van der Waals surface area contributed by atoms with Crippen LogP contribution >= 0.6 is 23.1 Å². The van der Waals surface area contributed by atoms with Crippen LogP contribution in [0.4, 0.5) is 10.8 Å². The van der Waals surface area contributed by atoms with Crippen LogP contribution in [0.25, 0.3) is 0 Å². The van der Waals surface area contributed by atoms with E-state index in [2.05, 4.69) is 15.6 Å². The number of ether oxygens (including phenoxy) is 1. The number of aromatic nitrogens is 1. The van der Waals surface area contributed by atoms with Gasteiger partial charge < -0.3 is 15.4 Å². The monoisotopic (exact) mass is 365 g/mol. The number of hydrogen-bond donors (Lipinski definition) is 2. The van der Waals surface area contributed by atoms with Crippen molar-refractivity contribution in [3.8, 4) is 0 Å². The Morgan fingerprint density at radius 1 is 1.21 bits per heavy atom. The summed E-state index contributed by atoms with van der Waals surface area (Å²) in [6.45, 7) is 0.922. The average molecular weight is 365 g/mol. The Labute approximate surface area is 146 Å². The van der Waals surface area contributed by atoms with Crippen molar-refractivity contribution in [1.29, 1.82) is 0 Å². The van der Waals surface area contributed by atoms with Gasteiger partial charge in [0, 0.05) is 22.9 Å². The van der Waals surface area contributed by atoms with E-state index < -0.39 is 18.5 Å². The highest BCUT2D eigenvalue weighted by Gasteiger charge is 2.14. The number of carbonyl (C=O) groups excluding carboxylic acids is 3. The molecular weight excluding hydrogens is 350 g/mol. The van der Waals surface area contributed by atoms with Crippen molar-refractivity contribution >= 4 is 51.7 Å². The molecule has 0 spiro atoms. The van der Waals surface area contributed by atoms with Crippen molar-refractivity contribution in [2.75, 3.05) is 23.5 Å². The third kappa shape index (κ3) is 5.36. The average Bonchev–Trinajstić information content (AvgIpc) is 3.01. The molecule has 0 atom stereocenters. The van der Waals surface area contributed by atoms with Crippen molar-refractivity contribution in [2.45, 2.75) is 11.8 Å². The summed E-state index contributed by atoms with van der Waals surface area (Å²) in [7, 11) is 0. The number of thiazole rings is 1. The predicted octanol–water partition coefficient (Wildman–Crippen LogP) is 2.62. The lowest BCUT2D eigenvalue weighted by Crippen LogP contribution is -2.21. The molecule has 0 radical (unpaired) electrons. The van der Waals surface area contributed by atoms with Crippen LogP contribution in [0, 0.1) is 0 Å². The Morgan fingerprint density at radius 2 is 1.92 bits per heavy atom. The van der Waals surface area contributed by atoms with Gasteiger partial charge in [0.05, 0.1) is 0 Å². The zero-order valence-electron chi connectivity index (χ0n) is 13.0. The molecule has 2 N–H and O–H groups in total. The fraction of sp³-hybridized carbons (Fsp3) is 0.200. The number of benzene rings is 1. The van der Waals surface area contributed by atoms with Gasteiger partial charge in [-0.25, -0.2) is 9.78 Å². The van der Waals surface area contributed by atoms with E-state index in [1.165, 1.54) is 12.3 Å². The quantitative estimate of drug-likeness (QED) is 0.603. The van der Waals surface area contributed by atoms with Crippen LogP contribution in [0.3, 0.4) is 0 Å². The van der Waals surface area contributed by atoms with E-state index in [0.717, 1.165) is 16.2 Å². The maximum absolute atomic E-state index is 11.8. The van der Waals surface area contributed by atoms with Crippen LogP contribution < -0.4 is 10.6 Å². The zero-order chi connectivity index (χ0) is 17.5. The van der Waals surface area contributed by atoms with E-state index >= 15 is 0 Å². The molecule has 2 rings (SSSR count). The molecule has 0 saturated heterocycles. The first kappa shape index (κ1) is 18.0. The van der Waals surface area contributed by atoms with Gasteiger partial charge in [-0.2, -0.15) is 0 Å². The highest BCUT2D eigenvalue weighted by Crippen LogP contribution is 2.18. The minimum Gasteiger partial charge on any atom is -0.451 e. The largest absolute Gasteiger partial charge is 0.451 e. The van der Waals surface area contributed by atoms with Crippen LogP contribution in [-0.4, -0.2) is 35.6 Å². The molecule has 9 heteroatoms. The Morgan fingerprint density at radius 3 is 2.54 bits per heavy atom. The second-order valence-electron chi connectivity index (χ2n) is 4.57. The minimum atomic E-state index is -0.726. The van der Waals surface area contributed by atoms with Gasteiger partial charge in [0.25, 0.3) is 5.91 Å². The van der Waals surface area contributed by atoms with Crippen molar-refractivity contribution < 1.29 is 19.1 Å². The SMILES string of the molecule is CSc1ccc(NC(=O)COC(=O)c2csc(NC(C)=O)n2)cc1. The minimum absolute atomic E-state index is 0.0425. The Balaban J connectivity index is 1.83. The fourth-order valence-electron chi connectivity index (χ4n) is 1.65. The molecule has 7 nitrogen and oxygen atoms in total. The number of anilines is 2. The number of rotatable bonds is 6. The number of thioether (sulfide) groups is 1. The smallest absolute Gasteiger partial charge is 0.358 e. The number of carbonyl (C=O) groups is 3. The Bertz CT molecular complexity index is 743. The maximum atomic E-state index is 11.8. The van der Waals surface area contributed by atoms with Gasteiger partial charge in [0.2, 0.25) is 5.91 Å². The van der Waals surface area contributed by atoms with Gasteiger partial charge in [-0.3, -0.25) is 9.59 Å². The summed E-state index contributed by atoms with van der Waals surface area (Å²) in [5.74, 6) is -1.45. The standard InChI is InChI=1S/C15H15N3O4S2/c1-9(19)16-15-18-12(8-24-15)14(21)22-7-13(20)17-10-3-5-11(23-2)6-4-10/h3-6,8H,7H2,1-2H3,(H,17,20)(H,16,18,19). The summed E-state index contributed by atoms with van der Waals surface area (Å²) in [6.07, 6.45) is 1.96. The van der Waals surface area contributed by atoms with Crippen LogP contribution in [0.2, 0.25) is 0 Å². The summed E-state index contributed by atoms with van der Waals surface area (Å²) in [4.78, 5) is 39.5. The van der Waals surface area contributed by atoms with E-state index in [4.69, 9.17) is 4.74 Å². The third-order valence-electron chi connectivity index (χ3n) is 2.70. The lowest BCUT2D eigenvalue weighted by molar-refractivity contribution is -0.119. The van der Waals surface area contributed by atoms with Gasteiger partial charge in [-0.1, -0.05) is 0 Å². The molecule has 0 aliphatic heterocycles. The summed E-state index contributed by atoms with van der Waals surface area (Å²) in [5, 5.41) is 6.85. The first-order valence-electron chi connectivity index (χ1n) is 6.82. The topological polar surface area (TPSA) is 97.4 Å². The highest BCUT2D eigenvalue weighted by molar-refractivity contribution is 7.98. The number of nitrogens with one attached hydrogen (secondary N) is 2. The van der Waals surface area contributed by atoms with Gasteiger partial charge in [0.1, 0.15) is 0 Å². The molecule has 24 heavy (non-hydrogen) atoms. The normalized spacial score (nSPS) is 10.1. The predicted molar refractivity (Wildman–Crippen MR) is 93.6 cm³/mol. The van der Waals surface area contributed by atoms with Crippen LogP contribution in [0.15, 0.2) is 34.5 Å². The van der Waals surface area contributed by atoms with Crippen molar-refractivity contribution in [3.63, 3.8) is 0 Å². The summed E-state index contributed by atoms with van der Waals surface area (Å²) < 4.78 is 4.90.